The van der Waals surface area contributed by atoms with Gasteiger partial charge in [0, 0.05) is 6.04 Å². The van der Waals surface area contributed by atoms with E-state index in [9.17, 15) is 4.79 Å². The summed E-state index contributed by atoms with van der Waals surface area (Å²) in [5.74, 6) is 0.733. The van der Waals surface area contributed by atoms with Crippen LogP contribution < -0.4 is 15.8 Å². The second-order valence-corrected chi connectivity index (χ2v) is 5.51. The lowest BCUT2D eigenvalue weighted by Gasteiger charge is -2.27. The highest BCUT2D eigenvalue weighted by Crippen LogP contribution is 2.28. The molecular formula is C15H22N2O3. The third kappa shape index (κ3) is 2.78. The first kappa shape index (κ1) is 14.8. The summed E-state index contributed by atoms with van der Waals surface area (Å²) in [7, 11) is 1.63. The number of carbonyl (C=O) groups excluding carboxylic acids is 1. The number of methoxy groups -OCH3 is 1. The summed E-state index contributed by atoms with van der Waals surface area (Å²) >= 11 is 0. The molecule has 2 rings (SSSR count). The zero-order chi connectivity index (χ0) is 14.8. The van der Waals surface area contributed by atoms with Crippen LogP contribution in [0.3, 0.4) is 0 Å². The minimum atomic E-state index is -0.652. The van der Waals surface area contributed by atoms with E-state index in [0.717, 1.165) is 11.3 Å². The first-order chi connectivity index (χ1) is 9.47. The summed E-state index contributed by atoms with van der Waals surface area (Å²) in [6, 6.07) is 7.30. The lowest BCUT2D eigenvalue weighted by molar-refractivity contribution is -0.131. The molecule has 1 aromatic carbocycles. The van der Waals surface area contributed by atoms with Crippen molar-refractivity contribution in [2.45, 2.75) is 25.9 Å². The Morgan fingerprint density at radius 3 is 2.65 bits per heavy atom. The van der Waals surface area contributed by atoms with Crippen molar-refractivity contribution in [1.82, 2.24) is 5.32 Å². The summed E-state index contributed by atoms with van der Waals surface area (Å²) in [5, 5.41) is 3.01. The number of benzene rings is 1. The SMILES string of the molecule is COc1ccc(C(C)NC(=O)C2(C)COCC2N)cc1. The second kappa shape index (κ2) is 5.81. The molecule has 1 heterocycles. The molecule has 20 heavy (non-hydrogen) atoms. The van der Waals surface area contributed by atoms with Gasteiger partial charge in [0.1, 0.15) is 5.75 Å². The number of rotatable bonds is 4. The molecule has 0 radical (unpaired) electrons. The summed E-state index contributed by atoms with van der Waals surface area (Å²) in [6.07, 6.45) is 0. The normalized spacial score (nSPS) is 27.1. The van der Waals surface area contributed by atoms with Crippen molar-refractivity contribution in [1.29, 1.82) is 0 Å². The van der Waals surface area contributed by atoms with Crippen molar-refractivity contribution in [2.75, 3.05) is 20.3 Å². The van der Waals surface area contributed by atoms with E-state index in [1.54, 1.807) is 7.11 Å². The lowest BCUT2D eigenvalue weighted by atomic mass is 9.84. The fraction of sp³-hybridized carbons (Fsp3) is 0.533. The van der Waals surface area contributed by atoms with Crippen LogP contribution in [-0.4, -0.2) is 32.3 Å². The Kier molecular flexibility index (Phi) is 4.30. The number of carbonyl (C=O) groups is 1. The number of ether oxygens (including phenoxy) is 2. The van der Waals surface area contributed by atoms with Crippen LogP contribution in [0, 0.1) is 5.41 Å². The van der Waals surface area contributed by atoms with Gasteiger partial charge in [0.25, 0.3) is 0 Å². The highest BCUT2D eigenvalue weighted by molar-refractivity contribution is 5.84. The molecule has 110 valence electrons. The molecule has 3 atom stereocenters. The van der Waals surface area contributed by atoms with Gasteiger partial charge < -0.3 is 20.5 Å². The smallest absolute Gasteiger partial charge is 0.230 e. The van der Waals surface area contributed by atoms with Crippen LogP contribution in [0.1, 0.15) is 25.5 Å². The molecule has 5 nitrogen and oxygen atoms in total. The van der Waals surface area contributed by atoms with E-state index in [1.807, 2.05) is 38.1 Å². The van der Waals surface area contributed by atoms with Crippen LogP contribution in [-0.2, 0) is 9.53 Å². The molecule has 1 saturated heterocycles. The Balaban J connectivity index is 2.03. The predicted octanol–water partition coefficient (Wildman–Crippen LogP) is 1.24. The molecule has 0 aliphatic carbocycles. The van der Waals surface area contributed by atoms with Gasteiger partial charge in [-0.1, -0.05) is 12.1 Å². The summed E-state index contributed by atoms with van der Waals surface area (Å²) in [6.45, 7) is 4.60. The van der Waals surface area contributed by atoms with Gasteiger partial charge in [-0.3, -0.25) is 4.79 Å². The fourth-order valence-electron chi connectivity index (χ4n) is 2.26. The number of hydrogen-bond donors (Lipinski definition) is 2. The van der Waals surface area contributed by atoms with Crippen molar-refractivity contribution in [2.24, 2.45) is 11.1 Å². The molecular weight excluding hydrogens is 256 g/mol. The largest absolute Gasteiger partial charge is 0.497 e. The van der Waals surface area contributed by atoms with Gasteiger partial charge >= 0.3 is 0 Å². The van der Waals surface area contributed by atoms with E-state index >= 15 is 0 Å². The molecule has 3 unspecified atom stereocenters. The third-order valence-electron chi connectivity index (χ3n) is 4.00. The van der Waals surface area contributed by atoms with E-state index in [-0.39, 0.29) is 18.0 Å². The topological polar surface area (TPSA) is 73.6 Å². The van der Waals surface area contributed by atoms with Gasteiger partial charge in [-0.2, -0.15) is 0 Å². The van der Waals surface area contributed by atoms with Crippen LogP contribution in [0.2, 0.25) is 0 Å². The van der Waals surface area contributed by atoms with Gasteiger partial charge in [-0.05, 0) is 31.5 Å². The van der Waals surface area contributed by atoms with Crippen LogP contribution in [0.5, 0.6) is 5.75 Å². The van der Waals surface area contributed by atoms with Crippen molar-refractivity contribution < 1.29 is 14.3 Å². The summed E-state index contributed by atoms with van der Waals surface area (Å²) in [5.41, 5.74) is 6.34. The highest BCUT2D eigenvalue weighted by Gasteiger charge is 2.44. The van der Waals surface area contributed by atoms with Crippen molar-refractivity contribution in [3.63, 3.8) is 0 Å². The van der Waals surface area contributed by atoms with Gasteiger partial charge in [-0.25, -0.2) is 0 Å². The molecule has 1 fully saturated rings. The zero-order valence-electron chi connectivity index (χ0n) is 12.2. The molecule has 0 saturated carbocycles. The summed E-state index contributed by atoms with van der Waals surface area (Å²) in [4.78, 5) is 12.4. The van der Waals surface area contributed by atoms with E-state index < -0.39 is 5.41 Å². The molecule has 0 spiro atoms. The van der Waals surface area contributed by atoms with E-state index in [4.69, 9.17) is 15.2 Å². The summed E-state index contributed by atoms with van der Waals surface area (Å²) < 4.78 is 10.4. The standard InChI is InChI=1S/C15H22N2O3/c1-10(11-4-6-12(19-3)7-5-11)17-14(18)15(2)9-20-8-13(15)16/h4-7,10,13H,8-9,16H2,1-3H3,(H,17,18). The Hall–Kier alpha value is -1.59. The van der Waals surface area contributed by atoms with Crippen molar-refractivity contribution in [3.05, 3.63) is 29.8 Å². The molecule has 1 amide bonds. The Morgan fingerprint density at radius 1 is 1.50 bits per heavy atom. The number of nitrogens with two attached hydrogens (primary N) is 1. The van der Waals surface area contributed by atoms with Crippen LogP contribution in [0.4, 0.5) is 0 Å². The van der Waals surface area contributed by atoms with E-state index in [2.05, 4.69) is 5.32 Å². The molecule has 1 aromatic rings. The minimum Gasteiger partial charge on any atom is -0.497 e. The van der Waals surface area contributed by atoms with Gasteiger partial charge in [0.05, 0.1) is 31.8 Å². The first-order valence-corrected chi connectivity index (χ1v) is 6.75. The molecule has 3 N–H and O–H groups in total. The van der Waals surface area contributed by atoms with E-state index in [1.165, 1.54) is 0 Å². The maximum atomic E-state index is 12.4. The van der Waals surface area contributed by atoms with Gasteiger partial charge in [0.2, 0.25) is 5.91 Å². The highest BCUT2D eigenvalue weighted by atomic mass is 16.5. The van der Waals surface area contributed by atoms with Crippen molar-refractivity contribution >= 4 is 5.91 Å². The zero-order valence-corrected chi connectivity index (χ0v) is 12.2. The number of hydrogen-bond acceptors (Lipinski definition) is 4. The first-order valence-electron chi connectivity index (χ1n) is 6.75. The van der Waals surface area contributed by atoms with Crippen LogP contribution >= 0.6 is 0 Å². The Bertz CT molecular complexity index is 475. The van der Waals surface area contributed by atoms with E-state index in [0.29, 0.717) is 13.2 Å². The lowest BCUT2D eigenvalue weighted by Crippen LogP contribution is -2.50. The number of nitrogens with one attached hydrogen (secondary N) is 1. The maximum absolute atomic E-state index is 12.4. The molecule has 0 bridgehead atoms. The molecule has 1 aliphatic heterocycles. The second-order valence-electron chi connectivity index (χ2n) is 5.51. The van der Waals surface area contributed by atoms with Gasteiger partial charge in [-0.15, -0.1) is 0 Å². The Labute approximate surface area is 119 Å². The quantitative estimate of drug-likeness (QED) is 0.869. The molecule has 1 aliphatic rings. The van der Waals surface area contributed by atoms with Crippen LogP contribution in [0.25, 0.3) is 0 Å². The number of amides is 1. The average Bonchev–Trinajstić information content (AvgIpc) is 2.80. The fourth-order valence-corrected chi connectivity index (χ4v) is 2.26. The third-order valence-corrected chi connectivity index (χ3v) is 4.00. The van der Waals surface area contributed by atoms with Crippen LogP contribution in [0.15, 0.2) is 24.3 Å². The monoisotopic (exact) mass is 278 g/mol. The minimum absolute atomic E-state index is 0.0641. The van der Waals surface area contributed by atoms with Crippen molar-refractivity contribution in [3.8, 4) is 5.75 Å². The molecule has 0 aromatic heterocycles. The maximum Gasteiger partial charge on any atom is 0.230 e. The Morgan fingerprint density at radius 2 is 2.15 bits per heavy atom. The molecule has 5 heteroatoms. The predicted molar refractivity (Wildman–Crippen MR) is 76.5 cm³/mol. The van der Waals surface area contributed by atoms with Gasteiger partial charge in [0.15, 0.2) is 0 Å². The average molecular weight is 278 g/mol.